The quantitative estimate of drug-likeness (QED) is 0.876. The van der Waals surface area contributed by atoms with E-state index >= 15 is 0 Å². The summed E-state index contributed by atoms with van der Waals surface area (Å²) in [6, 6.07) is 8.15. The molecule has 1 aliphatic rings. The number of ether oxygens (including phenoxy) is 1. The second kappa shape index (κ2) is 5.53. The number of hydrogen-bond acceptors (Lipinski definition) is 4. The van der Waals surface area contributed by atoms with Gasteiger partial charge in [-0.05, 0) is 43.2 Å². The van der Waals surface area contributed by atoms with Gasteiger partial charge in [-0.2, -0.15) is 0 Å². The van der Waals surface area contributed by atoms with Crippen molar-refractivity contribution in [1.82, 2.24) is 9.71 Å². The van der Waals surface area contributed by atoms with Crippen molar-refractivity contribution in [1.29, 1.82) is 0 Å². The van der Waals surface area contributed by atoms with Crippen LogP contribution in [0.4, 0.5) is 0 Å². The van der Waals surface area contributed by atoms with E-state index in [-0.39, 0.29) is 17.0 Å². The van der Waals surface area contributed by atoms with Crippen molar-refractivity contribution in [3.05, 3.63) is 35.5 Å². The Bertz CT molecular complexity index is 773. The topological polar surface area (TPSA) is 68.3 Å². The SMILES string of the molecule is COC1CC(NS(=O)(=O)c2ccc3nc(Cl)ccc3c2)C1. The summed E-state index contributed by atoms with van der Waals surface area (Å²) >= 11 is 5.82. The first-order valence-corrected chi connectivity index (χ1v) is 8.45. The Hall–Kier alpha value is -1.21. The van der Waals surface area contributed by atoms with Crippen LogP contribution in [0, 0.1) is 0 Å². The van der Waals surface area contributed by atoms with Gasteiger partial charge in [0.1, 0.15) is 5.15 Å². The summed E-state index contributed by atoms with van der Waals surface area (Å²) in [6.07, 6.45) is 1.57. The monoisotopic (exact) mass is 326 g/mol. The van der Waals surface area contributed by atoms with E-state index in [1.807, 2.05) is 0 Å². The Balaban J connectivity index is 1.83. The van der Waals surface area contributed by atoms with Crippen LogP contribution in [0.5, 0.6) is 0 Å². The van der Waals surface area contributed by atoms with Crippen LogP contribution >= 0.6 is 11.6 Å². The lowest BCUT2D eigenvalue weighted by Crippen LogP contribution is -2.47. The Morgan fingerprint density at radius 3 is 2.76 bits per heavy atom. The van der Waals surface area contributed by atoms with E-state index in [0.29, 0.717) is 23.5 Å². The fourth-order valence-electron chi connectivity index (χ4n) is 2.39. The average molecular weight is 327 g/mol. The lowest BCUT2D eigenvalue weighted by Gasteiger charge is -2.34. The van der Waals surface area contributed by atoms with Crippen LogP contribution in [-0.2, 0) is 14.8 Å². The molecule has 1 saturated carbocycles. The van der Waals surface area contributed by atoms with Crippen LogP contribution in [0.2, 0.25) is 5.15 Å². The molecule has 0 spiro atoms. The van der Waals surface area contributed by atoms with E-state index in [2.05, 4.69) is 9.71 Å². The minimum absolute atomic E-state index is 0.0565. The van der Waals surface area contributed by atoms with E-state index < -0.39 is 10.0 Å². The van der Waals surface area contributed by atoms with E-state index in [0.717, 1.165) is 5.39 Å². The molecule has 112 valence electrons. The van der Waals surface area contributed by atoms with E-state index in [4.69, 9.17) is 16.3 Å². The number of nitrogens with zero attached hydrogens (tertiary/aromatic N) is 1. The summed E-state index contributed by atoms with van der Waals surface area (Å²) < 4.78 is 32.5. The number of sulfonamides is 1. The molecule has 1 fully saturated rings. The first-order chi connectivity index (χ1) is 9.98. The van der Waals surface area contributed by atoms with Crippen LogP contribution in [0.15, 0.2) is 35.2 Å². The summed E-state index contributed by atoms with van der Waals surface area (Å²) in [5.74, 6) is 0. The molecule has 1 aromatic heterocycles. The molecule has 0 unspecified atom stereocenters. The molecule has 1 heterocycles. The molecular weight excluding hydrogens is 312 g/mol. The fourth-order valence-corrected chi connectivity index (χ4v) is 3.84. The number of pyridine rings is 1. The molecule has 21 heavy (non-hydrogen) atoms. The van der Waals surface area contributed by atoms with Gasteiger partial charge < -0.3 is 4.74 Å². The highest BCUT2D eigenvalue weighted by atomic mass is 35.5. The normalized spacial score (nSPS) is 22.2. The van der Waals surface area contributed by atoms with Crippen molar-refractivity contribution in [3.63, 3.8) is 0 Å². The lowest BCUT2D eigenvalue weighted by molar-refractivity contribution is 0.0236. The smallest absolute Gasteiger partial charge is 0.240 e. The van der Waals surface area contributed by atoms with Crippen molar-refractivity contribution in [2.45, 2.75) is 29.9 Å². The van der Waals surface area contributed by atoms with Gasteiger partial charge in [0.25, 0.3) is 0 Å². The maximum atomic E-state index is 12.3. The molecule has 1 aliphatic carbocycles. The number of fused-ring (bicyclic) bond motifs is 1. The van der Waals surface area contributed by atoms with Gasteiger partial charge >= 0.3 is 0 Å². The molecule has 0 saturated heterocycles. The van der Waals surface area contributed by atoms with Gasteiger partial charge in [-0.25, -0.2) is 18.1 Å². The molecular formula is C14H15ClN2O3S. The van der Waals surface area contributed by atoms with Crippen LogP contribution in [-0.4, -0.2) is 32.7 Å². The molecule has 0 radical (unpaired) electrons. The van der Waals surface area contributed by atoms with Crippen LogP contribution in [0.25, 0.3) is 10.9 Å². The number of aromatic nitrogens is 1. The van der Waals surface area contributed by atoms with Crippen LogP contribution < -0.4 is 4.72 Å². The van der Waals surface area contributed by atoms with Crippen molar-refractivity contribution < 1.29 is 13.2 Å². The Labute approximate surface area is 128 Å². The minimum Gasteiger partial charge on any atom is -0.381 e. The predicted octanol–water partition coefficient (Wildman–Crippen LogP) is 2.34. The molecule has 1 N–H and O–H groups in total. The van der Waals surface area contributed by atoms with Crippen molar-refractivity contribution in [2.75, 3.05) is 7.11 Å². The molecule has 1 aromatic carbocycles. The van der Waals surface area contributed by atoms with Gasteiger partial charge in [0.2, 0.25) is 10.0 Å². The molecule has 0 bridgehead atoms. The maximum Gasteiger partial charge on any atom is 0.240 e. The first kappa shape index (κ1) is 14.7. The third kappa shape index (κ3) is 3.03. The Kier molecular flexibility index (Phi) is 3.88. The zero-order valence-corrected chi connectivity index (χ0v) is 13.0. The first-order valence-electron chi connectivity index (χ1n) is 6.59. The summed E-state index contributed by atoms with van der Waals surface area (Å²) in [5, 5.41) is 1.13. The predicted molar refractivity (Wildman–Crippen MR) is 80.9 cm³/mol. The highest BCUT2D eigenvalue weighted by Gasteiger charge is 2.32. The molecule has 3 rings (SSSR count). The average Bonchev–Trinajstić information content (AvgIpc) is 2.41. The highest BCUT2D eigenvalue weighted by Crippen LogP contribution is 2.25. The van der Waals surface area contributed by atoms with E-state index in [9.17, 15) is 8.42 Å². The number of rotatable bonds is 4. The zero-order valence-electron chi connectivity index (χ0n) is 11.4. The Morgan fingerprint density at radius 1 is 1.29 bits per heavy atom. The summed E-state index contributed by atoms with van der Waals surface area (Å²) in [4.78, 5) is 4.38. The largest absolute Gasteiger partial charge is 0.381 e. The number of halogens is 1. The number of nitrogens with one attached hydrogen (secondary N) is 1. The van der Waals surface area contributed by atoms with Gasteiger partial charge in [0, 0.05) is 18.5 Å². The van der Waals surface area contributed by atoms with Gasteiger partial charge in [0.15, 0.2) is 0 Å². The summed E-state index contributed by atoms with van der Waals surface area (Å²) in [7, 11) is -1.88. The number of benzene rings is 1. The molecule has 0 atom stereocenters. The van der Waals surface area contributed by atoms with Crippen LogP contribution in [0.1, 0.15) is 12.8 Å². The van der Waals surface area contributed by atoms with Gasteiger partial charge in [-0.15, -0.1) is 0 Å². The van der Waals surface area contributed by atoms with Gasteiger partial charge in [-0.1, -0.05) is 11.6 Å². The van der Waals surface area contributed by atoms with Gasteiger partial charge in [0.05, 0.1) is 16.5 Å². The highest BCUT2D eigenvalue weighted by molar-refractivity contribution is 7.89. The lowest BCUT2D eigenvalue weighted by atomic mass is 9.90. The third-order valence-electron chi connectivity index (χ3n) is 3.69. The van der Waals surface area contributed by atoms with Gasteiger partial charge in [-0.3, -0.25) is 0 Å². The molecule has 7 heteroatoms. The molecule has 0 aliphatic heterocycles. The van der Waals surface area contributed by atoms with E-state index in [1.54, 1.807) is 37.4 Å². The summed E-state index contributed by atoms with van der Waals surface area (Å²) in [6.45, 7) is 0. The molecule has 0 amide bonds. The van der Waals surface area contributed by atoms with Crippen molar-refractivity contribution in [3.8, 4) is 0 Å². The molecule has 5 nitrogen and oxygen atoms in total. The van der Waals surface area contributed by atoms with Crippen molar-refractivity contribution in [2.24, 2.45) is 0 Å². The standard InChI is InChI=1S/C14H15ClN2O3S/c1-20-11-7-10(8-11)17-21(18,19)12-3-4-13-9(6-12)2-5-14(15)16-13/h2-6,10-11,17H,7-8H2,1H3. The van der Waals surface area contributed by atoms with Crippen molar-refractivity contribution >= 4 is 32.5 Å². The fraction of sp³-hybridized carbons (Fsp3) is 0.357. The van der Waals surface area contributed by atoms with Crippen LogP contribution in [0.3, 0.4) is 0 Å². The third-order valence-corrected chi connectivity index (χ3v) is 5.42. The van der Waals surface area contributed by atoms with E-state index in [1.165, 1.54) is 0 Å². The second-order valence-corrected chi connectivity index (χ2v) is 7.24. The minimum atomic E-state index is -3.52. The number of hydrogen-bond donors (Lipinski definition) is 1. The Morgan fingerprint density at radius 2 is 2.05 bits per heavy atom. The summed E-state index contributed by atoms with van der Waals surface area (Å²) in [5.41, 5.74) is 0.671. The number of methoxy groups -OCH3 is 1. The zero-order chi connectivity index (χ0) is 15.0. The molecule has 2 aromatic rings. The maximum absolute atomic E-state index is 12.3. The second-order valence-electron chi connectivity index (χ2n) is 5.14.